The molecule has 2 saturated heterocycles. The largest absolute Gasteiger partial charge is 0.330 e. The zero-order valence-corrected chi connectivity index (χ0v) is 25.2. The van der Waals surface area contributed by atoms with Gasteiger partial charge in [-0.25, -0.2) is 0 Å². The first kappa shape index (κ1) is 28.8. The molecule has 1 saturated carbocycles. The molecule has 4 aromatic rings. The molecule has 0 spiro atoms. The minimum atomic E-state index is -4.68. The van der Waals surface area contributed by atoms with Crippen LogP contribution in [-0.2, 0) is 43.1 Å². The number of hydroxylamine groups is 2. The first-order valence-corrected chi connectivity index (χ1v) is 17.2. The van der Waals surface area contributed by atoms with Crippen LogP contribution in [0.2, 0.25) is 0 Å². The van der Waals surface area contributed by atoms with Gasteiger partial charge in [0.25, 0.3) is 11.8 Å². The van der Waals surface area contributed by atoms with Crippen LogP contribution in [0.1, 0.15) is 0 Å². The van der Waals surface area contributed by atoms with E-state index in [-0.39, 0.29) is 14.9 Å². The number of nitroso groups, excluding NO2 is 1. The first-order chi connectivity index (χ1) is 22.0. The Hall–Kier alpha value is -4.63. The van der Waals surface area contributed by atoms with Gasteiger partial charge in [0.1, 0.15) is 5.92 Å². The molecule has 0 radical (unpaired) electrons. The number of benzene rings is 4. The normalized spacial score (nSPS) is 28.8. The fraction of sp³-hybridized carbons (Fsp3) is 0.219. The van der Waals surface area contributed by atoms with Gasteiger partial charge in [-0.05, 0) is 51.9 Å². The summed E-state index contributed by atoms with van der Waals surface area (Å²) < 4.78 is 64.2. The zero-order chi connectivity index (χ0) is 32.1. The SMILES string of the molecule is O=C1C2C=CC3C(C4C(=O)N(OS(=O)(=O)c5ccc6ccccc6c5)C(=O)C24)C1C(OS(=O)(=O)c1ccc2ccccc2c1)[N+]3=O. The van der Waals surface area contributed by atoms with E-state index in [4.69, 9.17) is 8.47 Å². The van der Waals surface area contributed by atoms with E-state index >= 15 is 0 Å². The number of rotatable bonds is 6. The lowest BCUT2D eigenvalue weighted by atomic mass is 9.63. The van der Waals surface area contributed by atoms with Crippen LogP contribution < -0.4 is 0 Å². The smallest absolute Gasteiger partial charge is 0.298 e. The summed E-state index contributed by atoms with van der Waals surface area (Å²) in [5, 5.41) is 2.90. The van der Waals surface area contributed by atoms with E-state index in [0.717, 1.165) is 10.8 Å². The number of carbonyl (C=O) groups excluding carboxylic acids is 3. The van der Waals surface area contributed by atoms with Crippen molar-refractivity contribution < 1.29 is 44.4 Å². The number of fused-ring (bicyclic) bond motifs is 2. The molecule has 14 heteroatoms. The molecule has 2 amide bonds. The van der Waals surface area contributed by atoms with Crippen LogP contribution in [0.5, 0.6) is 0 Å². The summed E-state index contributed by atoms with van der Waals surface area (Å²) in [4.78, 5) is 54.2. The summed E-state index contributed by atoms with van der Waals surface area (Å²) >= 11 is 0. The maximum atomic E-state index is 13.8. The average Bonchev–Trinajstić information content (AvgIpc) is 3.29. The van der Waals surface area contributed by atoms with Gasteiger partial charge in [0, 0.05) is 15.6 Å². The van der Waals surface area contributed by atoms with Crippen molar-refractivity contribution in [1.29, 1.82) is 0 Å². The summed E-state index contributed by atoms with van der Waals surface area (Å²) in [6.07, 6.45) is 0.935. The molecule has 4 bridgehead atoms. The second kappa shape index (κ2) is 9.93. The molecule has 0 aromatic heterocycles. The van der Waals surface area contributed by atoms with Gasteiger partial charge < -0.3 is 0 Å². The summed E-state index contributed by atoms with van der Waals surface area (Å²) in [6, 6.07) is 21.3. The molecule has 4 aromatic carbocycles. The number of Topliss-reactive ketones (excluding diaryl/α,β-unsaturated/α-hetero) is 1. The Morgan fingerprint density at radius 1 is 0.630 bits per heavy atom. The molecule has 3 aliphatic carbocycles. The summed E-state index contributed by atoms with van der Waals surface area (Å²) in [5.41, 5.74) is 0. The van der Waals surface area contributed by atoms with Crippen molar-refractivity contribution in [3.63, 3.8) is 0 Å². The maximum absolute atomic E-state index is 13.8. The van der Waals surface area contributed by atoms with Crippen LogP contribution in [0, 0.1) is 34.5 Å². The molecule has 9 rings (SSSR count). The third kappa shape index (κ3) is 4.14. The molecule has 12 nitrogen and oxygen atoms in total. The number of hydrogen-bond acceptors (Lipinski definition) is 10. The fourth-order valence-corrected chi connectivity index (χ4v) is 9.36. The van der Waals surface area contributed by atoms with E-state index in [1.165, 1.54) is 36.4 Å². The number of carbonyl (C=O) groups is 3. The van der Waals surface area contributed by atoms with Crippen LogP contribution >= 0.6 is 0 Å². The third-order valence-electron chi connectivity index (χ3n) is 9.41. The Morgan fingerprint density at radius 3 is 1.78 bits per heavy atom. The van der Waals surface area contributed by atoms with Crippen LogP contribution in [0.4, 0.5) is 0 Å². The predicted octanol–water partition coefficient (Wildman–Crippen LogP) is 3.11. The highest BCUT2D eigenvalue weighted by Gasteiger charge is 2.74. The molecule has 0 N–H and O–H groups in total. The standard InChI is InChI=1S/C32H23N2O10S2/c35-29-23-13-14-24-26(28(29)32(33(24)38)43-45(39,40)21-11-9-17-5-1-3-7-19(17)15-21)27-25(23)30(36)34(31(27)37)44-46(41,42)22-12-10-18-6-2-4-8-20(18)16-22/h1-16,23-28,32H/q+1. The molecular weight excluding hydrogens is 636 g/mol. The van der Waals surface area contributed by atoms with Crippen molar-refractivity contribution in [3.05, 3.63) is 102 Å². The second-order valence-corrected chi connectivity index (χ2v) is 14.9. The monoisotopic (exact) mass is 659 g/mol. The van der Waals surface area contributed by atoms with Gasteiger partial charge in [0.15, 0.2) is 5.78 Å². The fourth-order valence-electron chi connectivity index (χ4n) is 7.34. The maximum Gasteiger partial charge on any atom is 0.330 e. The Kier molecular flexibility index (Phi) is 6.22. The molecule has 7 atom stereocenters. The molecule has 5 aliphatic rings. The van der Waals surface area contributed by atoms with Crippen molar-refractivity contribution >= 4 is 59.4 Å². The summed E-state index contributed by atoms with van der Waals surface area (Å²) in [5.74, 6) is -9.18. The number of hydrogen-bond donors (Lipinski definition) is 0. The second-order valence-electron chi connectivity index (χ2n) is 11.8. The lowest BCUT2D eigenvalue weighted by Crippen LogP contribution is -2.49. The van der Waals surface area contributed by atoms with Gasteiger partial charge in [-0.3, -0.25) is 14.4 Å². The van der Waals surface area contributed by atoms with Crippen molar-refractivity contribution in [2.75, 3.05) is 0 Å². The highest BCUT2D eigenvalue weighted by Crippen LogP contribution is 2.55. The Bertz CT molecular complexity index is 2300. The Labute approximate surface area is 262 Å². The van der Waals surface area contributed by atoms with E-state index < -0.39 is 79.7 Å². The molecule has 7 unspecified atom stereocenters. The quantitative estimate of drug-likeness (QED) is 0.130. The van der Waals surface area contributed by atoms with Gasteiger partial charge in [0.05, 0.1) is 27.5 Å². The molecule has 2 aliphatic heterocycles. The van der Waals surface area contributed by atoms with Gasteiger partial charge in [-0.15, -0.1) is 9.35 Å². The number of ketones is 1. The number of imide groups is 1. The minimum Gasteiger partial charge on any atom is -0.298 e. The van der Waals surface area contributed by atoms with Crippen LogP contribution in [0.25, 0.3) is 21.5 Å². The van der Waals surface area contributed by atoms with Gasteiger partial charge in [-0.2, -0.15) is 21.0 Å². The third-order valence-corrected chi connectivity index (χ3v) is 11.9. The highest BCUT2D eigenvalue weighted by molar-refractivity contribution is 7.87. The summed E-state index contributed by atoms with van der Waals surface area (Å²) in [7, 11) is -9.25. The molecule has 2 heterocycles. The van der Waals surface area contributed by atoms with Gasteiger partial charge in [0.2, 0.25) is 6.04 Å². The lowest BCUT2D eigenvalue weighted by molar-refractivity contribution is -0.624. The average molecular weight is 660 g/mol. The van der Waals surface area contributed by atoms with Gasteiger partial charge in [-0.1, -0.05) is 66.7 Å². The van der Waals surface area contributed by atoms with E-state index in [0.29, 0.717) is 15.5 Å². The van der Waals surface area contributed by atoms with Crippen LogP contribution in [-0.4, -0.2) is 56.5 Å². The van der Waals surface area contributed by atoms with Crippen LogP contribution in [0.15, 0.2) is 107 Å². The van der Waals surface area contributed by atoms with Crippen LogP contribution in [0.3, 0.4) is 0 Å². The van der Waals surface area contributed by atoms with E-state index in [2.05, 4.69) is 0 Å². The van der Waals surface area contributed by atoms with E-state index in [1.54, 1.807) is 60.7 Å². The van der Waals surface area contributed by atoms with Crippen molar-refractivity contribution in [1.82, 2.24) is 5.06 Å². The topological polar surface area (TPSA) is 161 Å². The van der Waals surface area contributed by atoms with E-state index in [9.17, 15) is 36.1 Å². The first-order valence-electron chi connectivity index (χ1n) is 14.4. The van der Waals surface area contributed by atoms with Gasteiger partial charge >= 0.3 is 26.5 Å². The number of allylic oxidation sites excluding steroid dienone is 1. The molecule has 232 valence electrons. The lowest BCUT2D eigenvalue weighted by Gasteiger charge is -2.33. The van der Waals surface area contributed by atoms with Crippen molar-refractivity contribution in [2.24, 2.45) is 29.6 Å². The molecular formula is C32H23N2O10S2+. The zero-order valence-electron chi connectivity index (χ0n) is 23.6. The highest BCUT2D eigenvalue weighted by atomic mass is 32.2. The predicted molar refractivity (Wildman–Crippen MR) is 159 cm³/mol. The Morgan fingerprint density at radius 2 is 1.17 bits per heavy atom. The van der Waals surface area contributed by atoms with Crippen molar-refractivity contribution in [2.45, 2.75) is 22.1 Å². The van der Waals surface area contributed by atoms with E-state index in [1.807, 2.05) is 0 Å². The Balaban J connectivity index is 1.11. The van der Waals surface area contributed by atoms with Crippen molar-refractivity contribution in [3.8, 4) is 0 Å². The number of nitrogens with zero attached hydrogens (tertiary/aromatic N) is 2. The minimum absolute atomic E-state index is 0.161. The molecule has 3 fully saturated rings. The molecule has 46 heavy (non-hydrogen) atoms. The number of amides is 2. The summed E-state index contributed by atoms with van der Waals surface area (Å²) in [6.45, 7) is 0.